The van der Waals surface area contributed by atoms with Gasteiger partial charge >= 0.3 is 12.0 Å². The maximum absolute atomic E-state index is 12.7. The molecule has 0 spiro atoms. The molecule has 1 heterocycles. The van der Waals surface area contributed by atoms with Crippen molar-refractivity contribution in [1.82, 2.24) is 9.80 Å². The van der Waals surface area contributed by atoms with Crippen molar-refractivity contribution in [2.75, 3.05) is 13.6 Å². The van der Waals surface area contributed by atoms with Crippen LogP contribution in [-0.2, 0) is 4.79 Å². The molecule has 0 radical (unpaired) electrons. The van der Waals surface area contributed by atoms with Gasteiger partial charge in [-0.05, 0) is 31.6 Å². The molecule has 2 aliphatic rings. The molecule has 2 amide bonds. The number of fused-ring (bicyclic) bond motifs is 1. The van der Waals surface area contributed by atoms with Crippen LogP contribution in [0.2, 0.25) is 0 Å². The van der Waals surface area contributed by atoms with Crippen LogP contribution in [0.5, 0.6) is 0 Å². The number of carboxylic acids is 1. The molecule has 1 N–H and O–H groups in total. The number of nitrogens with zero attached hydrogens (tertiary/aromatic N) is 2. The predicted molar refractivity (Wildman–Crippen MR) is 81.2 cm³/mol. The van der Waals surface area contributed by atoms with Crippen molar-refractivity contribution in [2.24, 2.45) is 5.92 Å². The van der Waals surface area contributed by atoms with Crippen LogP contribution in [0.3, 0.4) is 0 Å². The number of hydrogen-bond donors (Lipinski definition) is 1. The lowest BCUT2D eigenvalue weighted by atomic mass is 9.85. The van der Waals surface area contributed by atoms with Crippen molar-refractivity contribution in [3.8, 4) is 0 Å². The Morgan fingerprint density at radius 3 is 2.62 bits per heavy atom. The molecule has 120 valence electrons. The Balaban J connectivity index is 2.05. The summed E-state index contributed by atoms with van der Waals surface area (Å²) in [5.41, 5.74) is 0. The number of carbonyl (C=O) groups excluding carboxylic acids is 1. The van der Waals surface area contributed by atoms with Crippen LogP contribution in [0.15, 0.2) is 0 Å². The average Bonchev–Trinajstić information content (AvgIpc) is 2.86. The molecule has 21 heavy (non-hydrogen) atoms. The fourth-order valence-electron chi connectivity index (χ4n) is 3.85. The van der Waals surface area contributed by atoms with E-state index in [-0.39, 0.29) is 12.1 Å². The second kappa shape index (κ2) is 7.14. The van der Waals surface area contributed by atoms with E-state index in [1.165, 1.54) is 6.42 Å². The van der Waals surface area contributed by atoms with E-state index in [1.807, 2.05) is 0 Å². The normalized spacial score (nSPS) is 28.3. The van der Waals surface area contributed by atoms with Gasteiger partial charge in [0.05, 0.1) is 0 Å². The van der Waals surface area contributed by atoms with Crippen LogP contribution < -0.4 is 0 Å². The summed E-state index contributed by atoms with van der Waals surface area (Å²) in [6.07, 6.45) is 8.15. The Labute approximate surface area is 127 Å². The minimum atomic E-state index is -0.847. The minimum Gasteiger partial charge on any atom is -0.480 e. The number of carbonyl (C=O) groups is 2. The third-order valence-corrected chi connectivity index (χ3v) is 5.02. The molecule has 0 aromatic heterocycles. The van der Waals surface area contributed by atoms with E-state index in [2.05, 4.69) is 6.92 Å². The third kappa shape index (κ3) is 3.50. The third-order valence-electron chi connectivity index (χ3n) is 5.02. The number of likely N-dealkylation sites (tertiary alicyclic amines) is 1. The van der Waals surface area contributed by atoms with Crippen molar-refractivity contribution in [2.45, 2.75) is 70.4 Å². The average molecular weight is 296 g/mol. The Bertz CT molecular complexity index is 386. The van der Waals surface area contributed by atoms with Gasteiger partial charge in [-0.15, -0.1) is 0 Å². The number of carboxylic acid groups (broad SMARTS) is 1. The molecule has 1 aliphatic carbocycles. The molecule has 1 saturated heterocycles. The van der Waals surface area contributed by atoms with Crippen LogP contribution in [0.4, 0.5) is 4.79 Å². The van der Waals surface area contributed by atoms with Crippen molar-refractivity contribution < 1.29 is 14.7 Å². The molecule has 0 aromatic carbocycles. The molecule has 1 saturated carbocycles. The van der Waals surface area contributed by atoms with Gasteiger partial charge < -0.3 is 14.9 Å². The molecule has 0 bridgehead atoms. The lowest BCUT2D eigenvalue weighted by Crippen LogP contribution is -2.51. The Morgan fingerprint density at radius 2 is 1.95 bits per heavy atom. The fourth-order valence-corrected chi connectivity index (χ4v) is 3.85. The standard InChI is InChI=1S/C16H28N2O3/c1-3-4-7-10-17(2)16(21)18-13-9-6-5-8-12(13)11-14(18)15(19)20/h12-14H,3-11H2,1-2H3,(H,19,20). The van der Waals surface area contributed by atoms with E-state index in [4.69, 9.17) is 0 Å². The van der Waals surface area contributed by atoms with Gasteiger partial charge in [0, 0.05) is 19.6 Å². The zero-order chi connectivity index (χ0) is 15.4. The van der Waals surface area contributed by atoms with E-state index in [0.717, 1.165) is 38.5 Å². The molecule has 2 rings (SSSR count). The number of unbranched alkanes of at least 4 members (excludes halogenated alkanes) is 2. The molecular weight excluding hydrogens is 268 g/mol. The molecule has 5 heteroatoms. The first-order chi connectivity index (χ1) is 10.1. The van der Waals surface area contributed by atoms with Gasteiger partial charge in [0.25, 0.3) is 0 Å². The fraction of sp³-hybridized carbons (Fsp3) is 0.875. The second-order valence-electron chi connectivity index (χ2n) is 6.52. The molecule has 1 aliphatic heterocycles. The van der Waals surface area contributed by atoms with Gasteiger partial charge in [0.1, 0.15) is 6.04 Å². The largest absolute Gasteiger partial charge is 0.480 e. The first-order valence-corrected chi connectivity index (χ1v) is 8.32. The summed E-state index contributed by atoms with van der Waals surface area (Å²) in [4.78, 5) is 27.6. The minimum absolute atomic E-state index is 0.0899. The summed E-state index contributed by atoms with van der Waals surface area (Å²) >= 11 is 0. The SMILES string of the molecule is CCCCCN(C)C(=O)N1C(C(=O)O)CC2CCCCC21. The van der Waals surface area contributed by atoms with Gasteiger partial charge in [-0.2, -0.15) is 0 Å². The number of urea groups is 1. The van der Waals surface area contributed by atoms with Gasteiger partial charge in [0.15, 0.2) is 0 Å². The first kappa shape index (κ1) is 16.1. The summed E-state index contributed by atoms with van der Waals surface area (Å²) < 4.78 is 0. The molecule has 2 fully saturated rings. The van der Waals surface area contributed by atoms with Crippen LogP contribution in [0.1, 0.15) is 58.3 Å². The number of amides is 2. The van der Waals surface area contributed by atoms with E-state index < -0.39 is 12.0 Å². The van der Waals surface area contributed by atoms with Gasteiger partial charge in [-0.1, -0.05) is 32.6 Å². The highest BCUT2D eigenvalue weighted by Crippen LogP contribution is 2.40. The molecule has 5 nitrogen and oxygen atoms in total. The number of rotatable bonds is 5. The van der Waals surface area contributed by atoms with Crippen molar-refractivity contribution in [3.05, 3.63) is 0 Å². The Kier molecular flexibility index (Phi) is 5.48. The second-order valence-corrected chi connectivity index (χ2v) is 6.52. The van der Waals surface area contributed by atoms with Crippen molar-refractivity contribution in [3.63, 3.8) is 0 Å². The number of hydrogen-bond acceptors (Lipinski definition) is 2. The maximum Gasteiger partial charge on any atom is 0.326 e. The summed E-state index contributed by atoms with van der Waals surface area (Å²) in [5, 5.41) is 9.46. The zero-order valence-electron chi connectivity index (χ0n) is 13.3. The topological polar surface area (TPSA) is 60.9 Å². The van der Waals surface area contributed by atoms with E-state index >= 15 is 0 Å². The van der Waals surface area contributed by atoms with Gasteiger partial charge in [-0.25, -0.2) is 9.59 Å². The van der Waals surface area contributed by atoms with Crippen LogP contribution >= 0.6 is 0 Å². The molecular formula is C16H28N2O3. The predicted octanol–water partition coefficient (Wildman–Crippen LogP) is 2.95. The van der Waals surface area contributed by atoms with E-state index in [1.54, 1.807) is 16.8 Å². The van der Waals surface area contributed by atoms with E-state index in [0.29, 0.717) is 18.9 Å². The molecule has 0 aromatic rings. The van der Waals surface area contributed by atoms with Gasteiger partial charge in [0.2, 0.25) is 0 Å². The monoisotopic (exact) mass is 296 g/mol. The quantitative estimate of drug-likeness (QED) is 0.793. The van der Waals surface area contributed by atoms with Crippen molar-refractivity contribution >= 4 is 12.0 Å². The lowest BCUT2D eigenvalue weighted by Gasteiger charge is -2.35. The zero-order valence-corrected chi connectivity index (χ0v) is 13.3. The molecule has 3 atom stereocenters. The highest BCUT2D eigenvalue weighted by atomic mass is 16.4. The highest BCUT2D eigenvalue weighted by molar-refractivity contribution is 5.83. The van der Waals surface area contributed by atoms with E-state index in [9.17, 15) is 14.7 Å². The summed E-state index contributed by atoms with van der Waals surface area (Å²) in [6, 6.07) is -0.576. The van der Waals surface area contributed by atoms with Crippen LogP contribution in [0, 0.1) is 5.92 Å². The van der Waals surface area contributed by atoms with Crippen molar-refractivity contribution in [1.29, 1.82) is 0 Å². The van der Waals surface area contributed by atoms with Crippen LogP contribution in [-0.4, -0.2) is 52.6 Å². The highest BCUT2D eigenvalue weighted by Gasteiger charge is 2.48. The van der Waals surface area contributed by atoms with Crippen LogP contribution in [0.25, 0.3) is 0 Å². The summed E-state index contributed by atoms with van der Waals surface area (Å²) in [5.74, 6) is -0.465. The smallest absolute Gasteiger partial charge is 0.326 e. The first-order valence-electron chi connectivity index (χ1n) is 8.32. The van der Waals surface area contributed by atoms with Gasteiger partial charge in [-0.3, -0.25) is 0 Å². The Hall–Kier alpha value is -1.26. The Morgan fingerprint density at radius 1 is 1.24 bits per heavy atom. The summed E-state index contributed by atoms with van der Waals surface area (Å²) in [7, 11) is 1.80. The maximum atomic E-state index is 12.7. The lowest BCUT2D eigenvalue weighted by molar-refractivity contribution is -0.141. The summed E-state index contributed by atoms with van der Waals surface area (Å²) in [6.45, 7) is 2.85. The number of aliphatic carboxylic acids is 1. The molecule has 3 unspecified atom stereocenters.